The minimum absolute atomic E-state index is 0.272. The third kappa shape index (κ3) is 3.12. The number of hydrogen-bond acceptors (Lipinski definition) is 2. The van der Waals surface area contributed by atoms with Crippen LogP contribution in [0.2, 0.25) is 5.02 Å². The van der Waals surface area contributed by atoms with Crippen LogP contribution in [0.1, 0.15) is 12.8 Å². The molecule has 0 aliphatic carbocycles. The second-order valence-corrected chi connectivity index (χ2v) is 5.51. The van der Waals surface area contributed by atoms with Gasteiger partial charge in [0.2, 0.25) is 0 Å². The van der Waals surface area contributed by atoms with Crippen LogP contribution in [0.25, 0.3) is 0 Å². The maximum atomic E-state index is 5.96. The van der Waals surface area contributed by atoms with E-state index in [1.165, 1.54) is 6.42 Å². The predicted octanol–water partition coefficient (Wildman–Crippen LogP) is 3.58. The van der Waals surface area contributed by atoms with Crippen molar-refractivity contribution in [2.45, 2.75) is 18.9 Å². The lowest BCUT2D eigenvalue weighted by molar-refractivity contribution is 0.103. The van der Waals surface area contributed by atoms with Crippen molar-refractivity contribution in [3.05, 3.63) is 27.7 Å². The highest BCUT2D eigenvalue weighted by Crippen LogP contribution is 2.30. The fourth-order valence-electron chi connectivity index (χ4n) is 1.96. The maximum absolute atomic E-state index is 5.96. The van der Waals surface area contributed by atoms with Crippen LogP contribution in [0, 0.1) is 0 Å². The first-order valence-corrected chi connectivity index (χ1v) is 6.62. The van der Waals surface area contributed by atoms with Crippen LogP contribution in [0.5, 0.6) is 5.75 Å². The van der Waals surface area contributed by atoms with Gasteiger partial charge in [-0.2, -0.15) is 0 Å². The van der Waals surface area contributed by atoms with Gasteiger partial charge < -0.3 is 9.64 Å². The summed E-state index contributed by atoms with van der Waals surface area (Å²) in [7, 11) is 2.13. The Morgan fingerprint density at radius 1 is 1.50 bits per heavy atom. The zero-order chi connectivity index (χ0) is 11.5. The largest absolute Gasteiger partial charge is 0.488 e. The van der Waals surface area contributed by atoms with E-state index >= 15 is 0 Å². The van der Waals surface area contributed by atoms with Gasteiger partial charge in [-0.1, -0.05) is 11.6 Å². The first-order valence-electron chi connectivity index (χ1n) is 5.45. The van der Waals surface area contributed by atoms with Crippen molar-refractivity contribution in [1.82, 2.24) is 4.90 Å². The molecule has 1 aliphatic rings. The van der Waals surface area contributed by atoms with Crippen molar-refractivity contribution in [1.29, 1.82) is 0 Å². The summed E-state index contributed by atoms with van der Waals surface area (Å²) < 4.78 is 6.93. The monoisotopic (exact) mass is 303 g/mol. The van der Waals surface area contributed by atoms with Crippen molar-refractivity contribution in [2.24, 2.45) is 0 Å². The molecule has 2 rings (SSSR count). The topological polar surface area (TPSA) is 12.5 Å². The predicted molar refractivity (Wildman–Crippen MR) is 70.3 cm³/mol. The molecule has 0 spiro atoms. The molecule has 1 unspecified atom stereocenters. The Morgan fingerprint density at radius 3 is 3.06 bits per heavy atom. The average Bonchev–Trinajstić information content (AvgIpc) is 2.24. The number of hydrogen-bond donors (Lipinski definition) is 0. The fourth-order valence-corrected chi connectivity index (χ4v) is 2.46. The third-order valence-corrected chi connectivity index (χ3v) is 3.66. The minimum atomic E-state index is 0.272. The lowest BCUT2D eigenvalue weighted by atomic mass is 10.1. The van der Waals surface area contributed by atoms with Crippen LogP contribution in [0.4, 0.5) is 0 Å². The van der Waals surface area contributed by atoms with Crippen LogP contribution >= 0.6 is 27.5 Å². The number of halogens is 2. The molecular weight excluding hydrogens is 289 g/mol. The van der Waals surface area contributed by atoms with Crippen molar-refractivity contribution in [2.75, 3.05) is 20.1 Å². The SMILES string of the molecule is CN1CCCC(Oc2cc(Cl)ccc2Br)C1. The molecular formula is C12H15BrClNO. The first-order chi connectivity index (χ1) is 7.65. The van der Waals surface area contributed by atoms with E-state index in [9.17, 15) is 0 Å². The van der Waals surface area contributed by atoms with Gasteiger partial charge in [-0.25, -0.2) is 0 Å². The Labute approximate surface area is 110 Å². The summed E-state index contributed by atoms with van der Waals surface area (Å²) in [6.07, 6.45) is 2.58. The van der Waals surface area contributed by atoms with Crippen molar-refractivity contribution < 1.29 is 4.74 Å². The fraction of sp³-hybridized carbons (Fsp3) is 0.500. The molecule has 0 radical (unpaired) electrons. The summed E-state index contributed by atoms with van der Waals surface area (Å²) in [5.74, 6) is 0.841. The Balaban J connectivity index is 2.05. The normalized spacial score (nSPS) is 22.1. The standard InChI is InChI=1S/C12H15BrClNO/c1-15-6-2-3-10(8-15)16-12-7-9(14)4-5-11(12)13/h4-5,7,10H,2-3,6,8H2,1H3. The van der Waals surface area contributed by atoms with Crippen LogP contribution < -0.4 is 4.74 Å². The third-order valence-electron chi connectivity index (χ3n) is 2.77. The van der Waals surface area contributed by atoms with E-state index in [-0.39, 0.29) is 6.10 Å². The van der Waals surface area contributed by atoms with Gasteiger partial charge >= 0.3 is 0 Å². The van der Waals surface area contributed by atoms with Gasteiger partial charge in [0.05, 0.1) is 4.47 Å². The van der Waals surface area contributed by atoms with E-state index in [1.54, 1.807) is 0 Å². The van der Waals surface area contributed by atoms with Crippen LogP contribution in [-0.4, -0.2) is 31.1 Å². The van der Waals surface area contributed by atoms with Gasteiger partial charge in [-0.05, 0) is 60.6 Å². The Hall–Kier alpha value is -0.250. The van der Waals surface area contributed by atoms with Gasteiger partial charge in [-0.3, -0.25) is 0 Å². The smallest absolute Gasteiger partial charge is 0.135 e. The second kappa shape index (κ2) is 5.39. The minimum Gasteiger partial charge on any atom is -0.488 e. The Kier molecular flexibility index (Phi) is 4.11. The summed E-state index contributed by atoms with van der Waals surface area (Å²) in [6, 6.07) is 5.63. The number of rotatable bonds is 2. The Morgan fingerprint density at radius 2 is 2.31 bits per heavy atom. The molecule has 0 N–H and O–H groups in total. The second-order valence-electron chi connectivity index (χ2n) is 4.22. The summed E-state index contributed by atoms with van der Waals surface area (Å²) in [6.45, 7) is 2.15. The van der Waals surface area contributed by atoms with Crippen LogP contribution in [0.3, 0.4) is 0 Å². The molecule has 0 bridgehead atoms. The van der Waals surface area contributed by atoms with Gasteiger partial charge in [0.1, 0.15) is 11.9 Å². The Bertz CT molecular complexity index is 372. The molecule has 1 aliphatic heterocycles. The molecule has 1 heterocycles. The number of piperidine rings is 1. The van der Waals surface area contributed by atoms with E-state index in [0.717, 1.165) is 29.7 Å². The first kappa shape index (κ1) is 12.2. The molecule has 1 fully saturated rings. The molecule has 88 valence electrons. The van der Waals surface area contributed by atoms with E-state index in [4.69, 9.17) is 16.3 Å². The molecule has 0 saturated carbocycles. The van der Waals surface area contributed by atoms with Gasteiger partial charge in [0, 0.05) is 11.6 Å². The van der Waals surface area contributed by atoms with E-state index in [2.05, 4.69) is 27.9 Å². The highest BCUT2D eigenvalue weighted by Gasteiger charge is 2.19. The van der Waals surface area contributed by atoms with Crippen molar-refractivity contribution >= 4 is 27.5 Å². The number of ether oxygens (including phenoxy) is 1. The van der Waals surface area contributed by atoms with E-state index in [0.29, 0.717) is 5.02 Å². The quantitative estimate of drug-likeness (QED) is 0.828. The zero-order valence-electron chi connectivity index (χ0n) is 9.25. The summed E-state index contributed by atoms with van der Waals surface area (Å²) in [5.41, 5.74) is 0. The lowest BCUT2D eigenvalue weighted by Crippen LogP contribution is -2.38. The summed E-state index contributed by atoms with van der Waals surface area (Å²) >= 11 is 9.43. The molecule has 0 aromatic heterocycles. The van der Waals surface area contributed by atoms with E-state index < -0.39 is 0 Å². The molecule has 2 nitrogen and oxygen atoms in total. The van der Waals surface area contributed by atoms with Gasteiger partial charge in [0.25, 0.3) is 0 Å². The van der Waals surface area contributed by atoms with Crippen LogP contribution in [-0.2, 0) is 0 Å². The van der Waals surface area contributed by atoms with Gasteiger partial charge in [-0.15, -0.1) is 0 Å². The average molecular weight is 305 g/mol. The van der Waals surface area contributed by atoms with Crippen molar-refractivity contribution in [3.8, 4) is 5.75 Å². The number of benzene rings is 1. The van der Waals surface area contributed by atoms with Gasteiger partial charge in [0.15, 0.2) is 0 Å². The summed E-state index contributed by atoms with van der Waals surface area (Å²) in [5, 5.41) is 0.711. The highest BCUT2D eigenvalue weighted by atomic mass is 79.9. The van der Waals surface area contributed by atoms with Crippen LogP contribution in [0.15, 0.2) is 22.7 Å². The van der Waals surface area contributed by atoms with E-state index in [1.807, 2.05) is 18.2 Å². The molecule has 1 atom stereocenters. The molecule has 16 heavy (non-hydrogen) atoms. The number of likely N-dealkylation sites (tertiary alicyclic amines) is 1. The number of likely N-dealkylation sites (N-methyl/N-ethyl adjacent to an activating group) is 1. The zero-order valence-corrected chi connectivity index (χ0v) is 11.6. The lowest BCUT2D eigenvalue weighted by Gasteiger charge is -2.30. The number of nitrogens with zero attached hydrogens (tertiary/aromatic N) is 1. The molecule has 0 amide bonds. The van der Waals surface area contributed by atoms with Crippen molar-refractivity contribution in [3.63, 3.8) is 0 Å². The highest BCUT2D eigenvalue weighted by molar-refractivity contribution is 9.10. The summed E-state index contributed by atoms with van der Waals surface area (Å²) in [4.78, 5) is 2.30. The molecule has 1 aromatic carbocycles. The molecule has 4 heteroatoms. The molecule has 1 aromatic rings. The molecule has 1 saturated heterocycles. The maximum Gasteiger partial charge on any atom is 0.135 e.